The largest absolute Gasteiger partial charge is 0.490 e. The number of rotatable bonds is 6. The lowest BCUT2D eigenvalue weighted by atomic mass is 10.2. The van der Waals surface area contributed by atoms with Gasteiger partial charge in [-0.05, 0) is 6.42 Å². The second-order valence-electron chi connectivity index (χ2n) is 4.32. The van der Waals surface area contributed by atoms with Crippen LogP contribution in [0.2, 0.25) is 0 Å². The molecule has 1 aliphatic heterocycles. The van der Waals surface area contributed by atoms with E-state index in [1.807, 2.05) is 0 Å². The van der Waals surface area contributed by atoms with Gasteiger partial charge in [0.25, 0.3) is 0 Å². The Labute approximate surface area is 120 Å². The van der Waals surface area contributed by atoms with Crippen LogP contribution in [-0.4, -0.2) is 49.4 Å². The van der Waals surface area contributed by atoms with Crippen LogP contribution in [0, 0.1) is 10.1 Å². The topological polar surface area (TPSA) is 113 Å². The number of hydrogen-bond donors (Lipinski definition) is 1. The third-order valence-corrected chi connectivity index (χ3v) is 3.05. The van der Waals surface area contributed by atoms with Gasteiger partial charge in [-0.3, -0.25) is 10.1 Å². The Balaban J connectivity index is 2.35. The molecule has 0 spiro atoms. The van der Waals surface area contributed by atoms with Crippen molar-refractivity contribution in [3.05, 3.63) is 21.9 Å². The fraction of sp³-hybridized carbons (Fsp3) is 0.500. The molecule has 114 valence electrons. The monoisotopic (exact) mass is 297 g/mol. The molecule has 1 aliphatic rings. The Bertz CT molecular complexity index is 558. The number of anilines is 1. The highest BCUT2D eigenvalue weighted by molar-refractivity contribution is 5.89. The summed E-state index contributed by atoms with van der Waals surface area (Å²) in [4.78, 5) is 26.1. The zero-order valence-corrected chi connectivity index (χ0v) is 11.6. The maximum absolute atomic E-state index is 11.6. The average molecular weight is 297 g/mol. The molecule has 9 nitrogen and oxygen atoms in total. The molecule has 1 aromatic heterocycles. The smallest absolute Gasteiger partial charge is 0.356 e. The molecule has 0 aliphatic carbocycles. The SMILES string of the molecule is COC(=O)c1cc(OC)c([N+](=O)[O-])c(NC[C@@H]2CCO2)n1. The highest BCUT2D eigenvalue weighted by Gasteiger charge is 2.27. The molecule has 0 unspecified atom stereocenters. The average Bonchev–Trinajstić information content (AvgIpc) is 2.43. The van der Waals surface area contributed by atoms with Gasteiger partial charge in [-0.2, -0.15) is 0 Å². The fourth-order valence-corrected chi connectivity index (χ4v) is 1.84. The number of esters is 1. The van der Waals surface area contributed by atoms with Crippen molar-refractivity contribution in [2.75, 3.05) is 32.7 Å². The summed E-state index contributed by atoms with van der Waals surface area (Å²) in [6.45, 7) is 1.04. The third kappa shape index (κ3) is 3.19. The summed E-state index contributed by atoms with van der Waals surface area (Å²) in [7, 11) is 2.48. The summed E-state index contributed by atoms with van der Waals surface area (Å²) >= 11 is 0. The van der Waals surface area contributed by atoms with E-state index >= 15 is 0 Å². The van der Waals surface area contributed by atoms with Gasteiger partial charge in [0.15, 0.2) is 5.69 Å². The number of ether oxygens (including phenoxy) is 3. The van der Waals surface area contributed by atoms with Crippen molar-refractivity contribution >= 4 is 17.5 Å². The van der Waals surface area contributed by atoms with Gasteiger partial charge in [0.2, 0.25) is 11.6 Å². The van der Waals surface area contributed by atoms with E-state index < -0.39 is 10.9 Å². The number of nitrogens with one attached hydrogen (secondary N) is 1. The summed E-state index contributed by atoms with van der Waals surface area (Å²) in [5, 5.41) is 14.0. The number of carbonyl (C=O) groups excluding carboxylic acids is 1. The number of methoxy groups -OCH3 is 2. The molecular weight excluding hydrogens is 282 g/mol. The number of pyridine rings is 1. The van der Waals surface area contributed by atoms with Crippen LogP contribution in [0.3, 0.4) is 0 Å². The van der Waals surface area contributed by atoms with Crippen molar-refractivity contribution in [1.29, 1.82) is 0 Å². The van der Waals surface area contributed by atoms with Crippen LogP contribution in [-0.2, 0) is 9.47 Å². The zero-order valence-electron chi connectivity index (χ0n) is 11.6. The first-order valence-electron chi connectivity index (χ1n) is 6.24. The second-order valence-corrected chi connectivity index (χ2v) is 4.32. The van der Waals surface area contributed by atoms with Crippen molar-refractivity contribution in [3.8, 4) is 5.75 Å². The van der Waals surface area contributed by atoms with E-state index in [1.54, 1.807) is 0 Å². The van der Waals surface area contributed by atoms with Crippen LogP contribution < -0.4 is 10.1 Å². The Morgan fingerprint density at radius 1 is 1.62 bits per heavy atom. The van der Waals surface area contributed by atoms with Gasteiger partial charge in [0, 0.05) is 19.2 Å². The number of nitrogens with zero attached hydrogens (tertiary/aromatic N) is 2. The van der Waals surface area contributed by atoms with Crippen molar-refractivity contribution in [1.82, 2.24) is 4.98 Å². The molecule has 1 N–H and O–H groups in total. The predicted molar refractivity (Wildman–Crippen MR) is 71.6 cm³/mol. The van der Waals surface area contributed by atoms with Gasteiger partial charge >= 0.3 is 11.7 Å². The highest BCUT2D eigenvalue weighted by Crippen LogP contribution is 2.34. The van der Waals surface area contributed by atoms with Gasteiger partial charge < -0.3 is 19.5 Å². The quantitative estimate of drug-likeness (QED) is 0.470. The van der Waals surface area contributed by atoms with Gasteiger partial charge in [-0.1, -0.05) is 0 Å². The van der Waals surface area contributed by atoms with E-state index in [-0.39, 0.29) is 29.1 Å². The summed E-state index contributed by atoms with van der Waals surface area (Å²) in [6.07, 6.45) is 0.855. The molecule has 0 radical (unpaired) electrons. The first-order valence-corrected chi connectivity index (χ1v) is 6.24. The lowest BCUT2D eigenvalue weighted by molar-refractivity contribution is -0.385. The minimum Gasteiger partial charge on any atom is -0.490 e. The first-order chi connectivity index (χ1) is 10.1. The van der Waals surface area contributed by atoms with Gasteiger partial charge in [-0.15, -0.1) is 0 Å². The van der Waals surface area contributed by atoms with Crippen LogP contribution in [0.1, 0.15) is 16.9 Å². The fourth-order valence-electron chi connectivity index (χ4n) is 1.84. The van der Waals surface area contributed by atoms with Crippen LogP contribution in [0.4, 0.5) is 11.5 Å². The van der Waals surface area contributed by atoms with E-state index in [2.05, 4.69) is 15.0 Å². The maximum Gasteiger partial charge on any atom is 0.356 e. The highest BCUT2D eigenvalue weighted by atomic mass is 16.6. The van der Waals surface area contributed by atoms with Crippen LogP contribution in [0.15, 0.2) is 6.07 Å². The molecule has 0 aromatic carbocycles. The van der Waals surface area contributed by atoms with E-state index in [1.165, 1.54) is 20.3 Å². The number of hydrogen-bond acceptors (Lipinski definition) is 8. The molecule has 1 saturated heterocycles. The Morgan fingerprint density at radius 2 is 2.33 bits per heavy atom. The van der Waals surface area contributed by atoms with Gasteiger partial charge in [-0.25, -0.2) is 9.78 Å². The minimum absolute atomic E-state index is 0.0146. The predicted octanol–water partition coefficient (Wildman–Crippen LogP) is 0.986. The molecule has 1 atom stereocenters. The maximum atomic E-state index is 11.6. The van der Waals surface area contributed by atoms with Crippen molar-refractivity contribution in [2.24, 2.45) is 0 Å². The molecule has 21 heavy (non-hydrogen) atoms. The Hall–Kier alpha value is -2.42. The molecule has 2 rings (SSSR count). The standard InChI is InChI=1S/C12H15N3O6/c1-19-9-5-8(12(16)20-2)14-11(10(9)15(17)18)13-6-7-3-4-21-7/h5,7H,3-4,6H2,1-2H3,(H,13,14)/t7-/m0/s1. The van der Waals surface area contributed by atoms with E-state index in [9.17, 15) is 14.9 Å². The molecule has 0 amide bonds. The van der Waals surface area contributed by atoms with E-state index in [0.717, 1.165) is 6.42 Å². The molecule has 2 heterocycles. The van der Waals surface area contributed by atoms with E-state index in [4.69, 9.17) is 9.47 Å². The Kier molecular flexibility index (Phi) is 4.53. The lowest BCUT2D eigenvalue weighted by Gasteiger charge is -2.26. The lowest BCUT2D eigenvalue weighted by Crippen LogP contribution is -2.33. The molecule has 1 fully saturated rings. The summed E-state index contributed by atoms with van der Waals surface area (Å²) in [6, 6.07) is 1.18. The third-order valence-electron chi connectivity index (χ3n) is 3.05. The van der Waals surface area contributed by atoms with Crippen LogP contribution in [0.25, 0.3) is 0 Å². The van der Waals surface area contributed by atoms with Gasteiger partial charge in [0.1, 0.15) is 0 Å². The minimum atomic E-state index is -0.703. The Morgan fingerprint density at radius 3 is 2.81 bits per heavy atom. The summed E-state index contributed by atoms with van der Waals surface area (Å²) in [5.41, 5.74) is -0.401. The van der Waals surface area contributed by atoms with Crippen molar-refractivity contribution < 1.29 is 23.9 Å². The molecule has 9 heteroatoms. The molecular formula is C12H15N3O6. The first kappa shape index (κ1) is 15.0. The number of nitro groups is 1. The van der Waals surface area contributed by atoms with E-state index in [0.29, 0.717) is 13.2 Å². The zero-order chi connectivity index (χ0) is 15.4. The number of carbonyl (C=O) groups is 1. The molecule has 0 saturated carbocycles. The summed E-state index contributed by atoms with van der Waals surface area (Å²) in [5.74, 6) is -0.811. The molecule has 0 bridgehead atoms. The summed E-state index contributed by atoms with van der Waals surface area (Å²) < 4.78 is 14.8. The number of aromatic nitrogens is 1. The van der Waals surface area contributed by atoms with Crippen LogP contribution >= 0.6 is 0 Å². The van der Waals surface area contributed by atoms with Crippen LogP contribution in [0.5, 0.6) is 5.75 Å². The second kappa shape index (κ2) is 6.35. The molecule has 1 aromatic rings. The van der Waals surface area contributed by atoms with Gasteiger partial charge in [0.05, 0.1) is 25.2 Å². The normalized spacial score (nSPS) is 16.8. The van der Waals surface area contributed by atoms with Crippen molar-refractivity contribution in [2.45, 2.75) is 12.5 Å². The van der Waals surface area contributed by atoms with Crippen molar-refractivity contribution in [3.63, 3.8) is 0 Å².